The molecule has 42 heavy (non-hydrogen) atoms. The normalized spacial score (nSPS) is 16.8. The lowest BCUT2D eigenvalue weighted by atomic mass is 9.90. The van der Waals surface area contributed by atoms with Crippen molar-refractivity contribution in [3.8, 4) is 11.8 Å². The number of piperidine rings is 1. The molecule has 0 atom stereocenters. The Balaban J connectivity index is 1.39. The third-order valence-electron chi connectivity index (χ3n) is 8.18. The molecule has 9 heteroatoms. The summed E-state index contributed by atoms with van der Waals surface area (Å²) in [6.07, 6.45) is 5.51. The summed E-state index contributed by atoms with van der Waals surface area (Å²) in [6, 6.07) is 20.4. The quantitative estimate of drug-likeness (QED) is 0.251. The predicted octanol–water partition coefficient (Wildman–Crippen LogP) is 5.48. The lowest BCUT2D eigenvalue weighted by molar-refractivity contribution is -0.122. The van der Waals surface area contributed by atoms with Gasteiger partial charge in [-0.1, -0.05) is 66.4 Å². The first kappa shape index (κ1) is 29.6. The van der Waals surface area contributed by atoms with Gasteiger partial charge in [0.05, 0.1) is 12.0 Å². The van der Waals surface area contributed by atoms with Gasteiger partial charge in [-0.25, -0.2) is 0 Å². The van der Waals surface area contributed by atoms with Crippen LogP contribution in [0.1, 0.15) is 40.7 Å². The molecule has 2 fully saturated rings. The summed E-state index contributed by atoms with van der Waals surface area (Å²) < 4.78 is 7.31. The molecule has 0 bridgehead atoms. The number of rotatable bonds is 8. The van der Waals surface area contributed by atoms with Gasteiger partial charge in [0.1, 0.15) is 27.5 Å². The third-order valence-corrected chi connectivity index (χ3v) is 9.56. The minimum absolute atomic E-state index is 0.0986. The largest absolute Gasteiger partial charge is 0.497 e. The van der Waals surface area contributed by atoms with E-state index in [1.54, 1.807) is 30.5 Å². The topological polar surface area (TPSA) is 78.6 Å². The summed E-state index contributed by atoms with van der Waals surface area (Å²) in [7, 11) is 3.35. The van der Waals surface area contributed by atoms with E-state index in [0.717, 1.165) is 55.0 Å². The number of aromatic nitrogens is 1. The summed E-state index contributed by atoms with van der Waals surface area (Å²) in [6.45, 7) is 3.84. The minimum atomic E-state index is -0.319. The highest BCUT2D eigenvalue weighted by atomic mass is 32.2. The second kappa shape index (κ2) is 13.0. The fourth-order valence-electron chi connectivity index (χ4n) is 5.75. The average Bonchev–Trinajstić information content (AvgIpc) is 3.27. The van der Waals surface area contributed by atoms with Gasteiger partial charge in [0, 0.05) is 32.2 Å². The van der Waals surface area contributed by atoms with E-state index in [0.29, 0.717) is 33.7 Å². The van der Waals surface area contributed by atoms with Crippen LogP contribution in [0.2, 0.25) is 0 Å². The van der Waals surface area contributed by atoms with E-state index in [2.05, 4.69) is 35.2 Å². The van der Waals surface area contributed by atoms with Crippen LogP contribution in [0.5, 0.6) is 5.75 Å². The SMILES string of the molecule is COc1ccc(CCN2C(=O)/C(=C/c3c(C)c(C#N)c(=O)n(C)c3N3CCC(Cc4ccccc4)CC3)SC2=S)cc1. The standard InChI is InChI=1S/C33H34N4O3S2/c1-22-27(20-29-32(39)37(33(41)42-29)18-15-23-9-11-26(40-3)12-10-23)30(35(2)31(38)28(22)21-34)36-16-13-25(14-17-36)19-24-7-5-4-6-8-24/h4-12,20,25H,13-19H2,1-3H3/b29-20-. The second-order valence-electron chi connectivity index (χ2n) is 10.8. The van der Waals surface area contributed by atoms with Crippen molar-refractivity contribution in [3.63, 3.8) is 0 Å². The van der Waals surface area contributed by atoms with Crippen molar-refractivity contribution in [1.29, 1.82) is 5.26 Å². The molecule has 0 unspecified atom stereocenters. The van der Waals surface area contributed by atoms with Crippen molar-refractivity contribution in [2.75, 3.05) is 31.6 Å². The number of methoxy groups -OCH3 is 1. The minimum Gasteiger partial charge on any atom is -0.497 e. The Hall–Kier alpha value is -3.87. The number of pyridine rings is 1. The van der Waals surface area contributed by atoms with E-state index in [9.17, 15) is 14.9 Å². The number of nitriles is 1. The molecule has 0 radical (unpaired) electrons. The van der Waals surface area contributed by atoms with Crippen LogP contribution in [0.25, 0.3) is 6.08 Å². The Morgan fingerprint density at radius 1 is 1.07 bits per heavy atom. The summed E-state index contributed by atoms with van der Waals surface area (Å²) in [5, 5.41) is 9.83. The van der Waals surface area contributed by atoms with Crippen LogP contribution in [0, 0.1) is 24.2 Å². The van der Waals surface area contributed by atoms with Crippen LogP contribution in [0.3, 0.4) is 0 Å². The molecule has 7 nitrogen and oxygen atoms in total. The van der Waals surface area contributed by atoms with Gasteiger partial charge in [0.15, 0.2) is 0 Å². The molecule has 2 aromatic carbocycles. The molecule has 0 aliphatic carbocycles. The van der Waals surface area contributed by atoms with Crippen molar-refractivity contribution >= 4 is 46.1 Å². The van der Waals surface area contributed by atoms with E-state index in [1.165, 1.54) is 17.3 Å². The number of benzene rings is 2. The van der Waals surface area contributed by atoms with Gasteiger partial charge in [-0.2, -0.15) is 5.26 Å². The van der Waals surface area contributed by atoms with Crippen LogP contribution in [0.15, 0.2) is 64.3 Å². The summed E-state index contributed by atoms with van der Waals surface area (Å²) in [5.41, 5.74) is 3.52. The zero-order valence-corrected chi connectivity index (χ0v) is 25.8. The Morgan fingerprint density at radius 2 is 1.76 bits per heavy atom. The zero-order valence-electron chi connectivity index (χ0n) is 24.1. The molecule has 2 saturated heterocycles. The van der Waals surface area contributed by atoms with Crippen LogP contribution in [0.4, 0.5) is 5.82 Å². The van der Waals surface area contributed by atoms with Gasteiger partial charge < -0.3 is 9.64 Å². The molecule has 1 aromatic heterocycles. The monoisotopic (exact) mass is 598 g/mol. The highest BCUT2D eigenvalue weighted by Crippen LogP contribution is 2.37. The molecular formula is C33H34N4O3S2. The fourth-order valence-corrected chi connectivity index (χ4v) is 7.04. The van der Waals surface area contributed by atoms with Crippen molar-refractivity contribution < 1.29 is 9.53 Å². The maximum Gasteiger partial charge on any atom is 0.270 e. The number of hydrogen-bond acceptors (Lipinski definition) is 7. The number of ether oxygens (including phenoxy) is 1. The van der Waals surface area contributed by atoms with Gasteiger partial charge in [-0.05, 0) is 73.4 Å². The van der Waals surface area contributed by atoms with Gasteiger partial charge in [0.2, 0.25) is 0 Å². The molecular weight excluding hydrogens is 565 g/mol. The first-order valence-corrected chi connectivity index (χ1v) is 15.3. The van der Waals surface area contributed by atoms with Crippen molar-refractivity contribution in [3.05, 3.63) is 97.7 Å². The fraction of sp³-hybridized carbons (Fsp3) is 0.333. The number of thiocarbonyl (C=S) groups is 1. The summed E-state index contributed by atoms with van der Waals surface area (Å²) in [4.78, 5) is 31.1. The number of amides is 1. The van der Waals surface area contributed by atoms with Crippen molar-refractivity contribution in [2.24, 2.45) is 13.0 Å². The number of carbonyl (C=O) groups excluding carboxylic acids is 1. The van der Waals surface area contributed by atoms with E-state index in [-0.39, 0.29) is 17.0 Å². The third kappa shape index (κ3) is 6.15. The van der Waals surface area contributed by atoms with E-state index in [1.807, 2.05) is 36.4 Å². The number of thioether (sulfide) groups is 1. The Bertz CT molecular complexity index is 1620. The molecule has 0 spiro atoms. The van der Waals surface area contributed by atoms with Crippen LogP contribution < -0.4 is 15.2 Å². The molecule has 3 heterocycles. The van der Waals surface area contributed by atoms with E-state index >= 15 is 0 Å². The smallest absolute Gasteiger partial charge is 0.270 e. The number of anilines is 1. The maximum atomic E-state index is 13.5. The van der Waals surface area contributed by atoms with Crippen LogP contribution in [-0.2, 0) is 24.7 Å². The number of nitrogens with zero attached hydrogens (tertiary/aromatic N) is 4. The van der Waals surface area contributed by atoms with E-state index < -0.39 is 0 Å². The van der Waals surface area contributed by atoms with Crippen LogP contribution in [-0.4, -0.2) is 46.4 Å². The van der Waals surface area contributed by atoms with E-state index in [4.69, 9.17) is 17.0 Å². The molecule has 1 amide bonds. The highest BCUT2D eigenvalue weighted by molar-refractivity contribution is 8.26. The first-order chi connectivity index (χ1) is 20.3. The van der Waals surface area contributed by atoms with Crippen molar-refractivity contribution in [1.82, 2.24) is 9.47 Å². The molecule has 0 saturated carbocycles. The first-order valence-electron chi connectivity index (χ1n) is 14.1. The summed E-state index contributed by atoms with van der Waals surface area (Å²) >= 11 is 6.87. The number of carbonyl (C=O) groups is 1. The molecule has 0 N–H and O–H groups in total. The Kier molecular flexibility index (Phi) is 9.15. The molecule has 3 aromatic rings. The average molecular weight is 599 g/mol. The zero-order chi connectivity index (χ0) is 29.8. The lowest BCUT2D eigenvalue weighted by Gasteiger charge is -2.36. The highest BCUT2D eigenvalue weighted by Gasteiger charge is 2.33. The Labute approximate surface area is 256 Å². The lowest BCUT2D eigenvalue weighted by Crippen LogP contribution is -2.39. The molecule has 2 aliphatic rings. The maximum absolute atomic E-state index is 13.5. The van der Waals surface area contributed by atoms with Crippen molar-refractivity contribution in [2.45, 2.75) is 32.6 Å². The van der Waals surface area contributed by atoms with Gasteiger partial charge in [-0.3, -0.25) is 19.1 Å². The van der Waals surface area contributed by atoms with Crippen LogP contribution >= 0.6 is 24.0 Å². The predicted molar refractivity (Wildman–Crippen MR) is 173 cm³/mol. The van der Waals surface area contributed by atoms with Gasteiger partial charge in [-0.15, -0.1) is 0 Å². The second-order valence-corrected chi connectivity index (χ2v) is 12.4. The Morgan fingerprint density at radius 3 is 2.40 bits per heavy atom. The molecule has 5 rings (SSSR count). The van der Waals surface area contributed by atoms with Gasteiger partial charge in [0.25, 0.3) is 11.5 Å². The summed E-state index contributed by atoms with van der Waals surface area (Å²) in [5.74, 6) is 1.94. The molecule has 216 valence electrons. The number of hydrogen-bond donors (Lipinski definition) is 0. The van der Waals surface area contributed by atoms with Gasteiger partial charge >= 0.3 is 0 Å². The molecule has 2 aliphatic heterocycles.